The summed E-state index contributed by atoms with van der Waals surface area (Å²) in [6.45, 7) is 11.0. The summed E-state index contributed by atoms with van der Waals surface area (Å²) in [7, 11) is 0. The molecule has 65 heavy (non-hydrogen) atoms. The average Bonchev–Trinajstić information content (AvgIpc) is 3.85. The van der Waals surface area contributed by atoms with Crippen LogP contribution in [0, 0.1) is 19.7 Å². The fourth-order valence-corrected chi connectivity index (χ4v) is 9.16. The predicted molar refractivity (Wildman–Crippen MR) is 245 cm³/mol. The van der Waals surface area contributed by atoms with Gasteiger partial charge in [-0.1, -0.05) is 31.7 Å². The Morgan fingerprint density at radius 2 is 1.48 bits per heavy atom. The van der Waals surface area contributed by atoms with Crippen molar-refractivity contribution >= 4 is 64.4 Å². The third-order valence-corrected chi connectivity index (χ3v) is 12.7. The molecule has 0 radical (unpaired) electrons. The van der Waals surface area contributed by atoms with Crippen molar-refractivity contribution in [2.24, 2.45) is 0 Å². The number of hydrogen-bond donors (Lipinski definition) is 6. The SMILES string of the molecule is Cc1[nH]c(/C=C2\C(=O)Nc3ccc(F)cc32)c(C)c1C(=O)NCCCN1CCN(CCCC(=O)NCCCCCCCCNc2cccc3c2C(=O)N(C2CCC(=O)NC2=O)C3=O)CC1. The van der Waals surface area contributed by atoms with E-state index in [0.717, 1.165) is 101 Å². The molecule has 16 nitrogen and oxygen atoms in total. The van der Waals surface area contributed by atoms with Gasteiger partial charge in [-0.05, 0) is 101 Å². The summed E-state index contributed by atoms with van der Waals surface area (Å²) >= 11 is 0. The van der Waals surface area contributed by atoms with Crippen molar-refractivity contribution in [3.8, 4) is 0 Å². The van der Waals surface area contributed by atoms with E-state index in [1.807, 2.05) is 13.8 Å². The maximum absolute atomic E-state index is 13.9. The van der Waals surface area contributed by atoms with Crippen LogP contribution in [0.15, 0.2) is 36.4 Å². The van der Waals surface area contributed by atoms with Gasteiger partial charge in [0.05, 0.1) is 22.3 Å². The third-order valence-electron chi connectivity index (χ3n) is 12.7. The van der Waals surface area contributed by atoms with Gasteiger partial charge >= 0.3 is 0 Å². The monoisotopic (exact) mass is 893 g/mol. The lowest BCUT2D eigenvalue weighted by atomic mass is 10.0. The molecule has 4 aliphatic heterocycles. The van der Waals surface area contributed by atoms with E-state index in [4.69, 9.17) is 0 Å². The van der Waals surface area contributed by atoms with Gasteiger partial charge in [-0.2, -0.15) is 0 Å². The Bertz CT molecular complexity index is 2350. The van der Waals surface area contributed by atoms with Crippen LogP contribution >= 0.6 is 0 Å². The fraction of sp³-hybridized carbons (Fsp3) is 0.479. The van der Waals surface area contributed by atoms with E-state index in [-0.39, 0.29) is 41.7 Å². The number of nitrogens with one attached hydrogen (secondary N) is 6. The average molecular weight is 894 g/mol. The minimum absolute atomic E-state index is 0.0782. The molecule has 1 unspecified atom stereocenters. The second-order valence-corrected chi connectivity index (χ2v) is 17.3. The van der Waals surface area contributed by atoms with E-state index in [2.05, 4.69) is 41.4 Å². The van der Waals surface area contributed by atoms with Crippen LogP contribution < -0.4 is 26.6 Å². The molecule has 2 fully saturated rings. The quantitative estimate of drug-likeness (QED) is 0.0492. The summed E-state index contributed by atoms with van der Waals surface area (Å²) < 4.78 is 13.9. The van der Waals surface area contributed by atoms with Gasteiger partial charge in [0.2, 0.25) is 17.7 Å². The number of imide groups is 2. The number of rotatable bonds is 21. The van der Waals surface area contributed by atoms with Crippen LogP contribution in [0.4, 0.5) is 15.8 Å². The van der Waals surface area contributed by atoms with E-state index in [0.29, 0.717) is 65.5 Å². The predicted octanol–water partition coefficient (Wildman–Crippen LogP) is 4.75. The van der Waals surface area contributed by atoms with Crippen molar-refractivity contribution in [3.05, 3.63) is 81.4 Å². The smallest absolute Gasteiger partial charge is 0.264 e. The minimum Gasteiger partial charge on any atom is -0.384 e. The Hall–Kier alpha value is -6.20. The number of piperidine rings is 1. The summed E-state index contributed by atoms with van der Waals surface area (Å²) in [4.78, 5) is 97.6. The zero-order chi connectivity index (χ0) is 46.0. The molecule has 4 aliphatic rings. The van der Waals surface area contributed by atoms with Crippen LogP contribution in [-0.2, 0) is 19.2 Å². The summed E-state index contributed by atoms with van der Waals surface area (Å²) in [6.07, 6.45) is 9.95. The van der Waals surface area contributed by atoms with Crippen LogP contribution in [0.2, 0.25) is 0 Å². The molecule has 0 bridgehead atoms. The van der Waals surface area contributed by atoms with Gasteiger partial charge in [-0.15, -0.1) is 0 Å². The Morgan fingerprint density at radius 3 is 2.22 bits per heavy atom. The number of amides is 7. The lowest BCUT2D eigenvalue weighted by Crippen LogP contribution is -2.54. The molecule has 6 N–H and O–H groups in total. The van der Waals surface area contributed by atoms with Crippen molar-refractivity contribution in [2.45, 2.75) is 90.5 Å². The number of aromatic amines is 1. The van der Waals surface area contributed by atoms with E-state index in [1.54, 1.807) is 24.3 Å². The molecule has 0 spiro atoms. The molecule has 17 heteroatoms. The number of unbranched alkanes of at least 4 members (excludes halogenated alkanes) is 5. The van der Waals surface area contributed by atoms with Gasteiger partial charge in [-0.25, -0.2) is 4.39 Å². The first-order chi connectivity index (χ1) is 31.4. The molecule has 0 aliphatic carbocycles. The van der Waals surface area contributed by atoms with Crippen molar-refractivity contribution in [1.82, 2.24) is 35.6 Å². The number of anilines is 2. The number of hydrogen-bond acceptors (Lipinski definition) is 10. The summed E-state index contributed by atoms with van der Waals surface area (Å²) in [6, 6.07) is 8.26. The van der Waals surface area contributed by atoms with E-state index < -0.39 is 35.5 Å². The molecule has 7 rings (SSSR count). The highest BCUT2D eigenvalue weighted by molar-refractivity contribution is 6.35. The molecule has 3 aromatic rings. The van der Waals surface area contributed by atoms with Gasteiger partial charge in [0, 0.05) is 87.0 Å². The zero-order valence-electron chi connectivity index (χ0n) is 37.3. The maximum atomic E-state index is 13.9. The zero-order valence-corrected chi connectivity index (χ0v) is 37.3. The van der Waals surface area contributed by atoms with Crippen LogP contribution in [0.5, 0.6) is 0 Å². The Kier molecular flexibility index (Phi) is 15.6. The first-order valence-electron chi connectivity index (χ1n) is 23.0. The number of fused-ring (bicyclic) bond motifs is 2. The lowest BCUT2D eigenvalue weighted by Gasteiger charge is -2.34. The maximum Gasteiger partial charge on any atom is 0.264 e. The Balaban J connectivity index is 0.690. The molecule has 346 valence electrons. The number of halogens is 1. The summed E-state index contributed by atoms with van der Waals surface area (Å²) in [5, 5.41) is 14.4. The molecule has 5 heterocycles. The number of H-pyrrole nitrogens is 1. The van der Waals surface area contributed by atoms with Crippen molar-refractivity contribution in [1.29, 1.82) is 0 Å². The fourth-order valence-electron chi connectivity index (χ4n) is 9.16. The second-order valence-electron chi connectivity index (χ2n) is 17.3. The van der Waals surface area contributed by atoms with Crippen LogP contribution in [0.1, 0.15) is 124 Å². The highest BCUT2D eigenvalue weighted by atomic mass is 19.1. The largest absolute Gasteiger partial charge is 0.384 e. The molecule has 1 aromatic heterocycles. The summed E-state index contributed by atoms with van der Waals surface area (Å²) in [5.41, 5.74) is 5.11. The molecular formula is C48H60FN9O7. The highest BCUT2D eigenvalue weighted by Crippen LogP contribution is 2.35. The molecular weight excluding hydrogens is 834 g/mol. The number of piperazine rings is 1. The van der Waals surface area contributed by atoms with E-state index in [9.17, 15) is 38.0 Å². The second kappa shape index (κ2) is 21.7. The van der Waals surface area contributed by atoms with Gasteiger partial charge in [0.1, 0.15) is 11.9 Å². The van der Waals surface area contributed by atoms with E-state index in [1.165, 1.54) is 18.2 Å². The molecule has 7 amide bonds. The molecule has 2 saturated heterocycles. The lowest BCUT2D eigenvalue weighted by molar-refractivity contribution is -0.136. The minimum atomic E-state index is -0.991. The van der Waals surface area contributed by atoms with Crippen LogP contribution in [-0.4, -0.2) is 126 Å². The van der Waals surface area contributed by atoms with Crippen molar-refractivity contribution in [3.63, 3.8) is 0 Å². The Morgan fingerprint density at radius 1 is 0.785 bits per heavy atom. The number of aryl methyl sites for hydroxylation is 1. The van der Waals surface area contributed by atoms with Gasteiger partial charge < -0.3 is 36.1 Å². The molecule has 1 atom stereocenters. The number of carbonyl (C=O) groups excluding carboxylic acids is 7. The normalized spacial score (nSPS) is 18.2. The number of aromatic nitrogens is 1. The first-order valence-corrected chi connectivity index (χ1v) is 23.0. The van der Waals surface area contributed by atoms with Crippen molar-refractivity contribution in [2.75, 3.05) is 69.5 Å². The van der Waals surface area contributed by atoms with Crippen LogP contribution in [0.3, 0.4) is 0 Å². The van der Waals surface area contributed by atoms with Gasteiger partial charge in [0.15, 0.2) is 0 Å². The van der Waals surface area contributed by atoms with Gasteiger partial charge in [-0.3, -0.25) is 43.8 Å². The van der Waals surface area contributed by atoms with Crippen molar-refractivity contribution < 1.29 is 38.0 Å². The Labute approximate surface area is 378 Å². The number of carbonyl (C=O) groups is 7. The third kappa shape index (κ3) is 11.4. The molecule has 2 aromatic carbocycles. The molecule has 0 saturated carbocycles. The highest BCUT2D eigenvalue weighted by Gasteiger charge is 2.45. The van der Waals surface area contributed by atoms with E-state index >= 15 is 0 Å². The first kappa shape index (κ1) is 46.8. The summed E-state index contributed by atoms with van der Waals surface area (Å²) in [5.74, 6) is -2.89. The van der Waals surface area contributed by atoms with Crippen LogP contribution in [0.25, 0.3) is 11.6 Å². The standard InChI is InChI=1S/C48H60FN9O7/c1-30-38(29-35-34-28-32(49)15-16-36(34)54-44(35)61)53-31(2)42(30)46(63)52-21-11-23-57-26-24-56(25-27-57)22-10-14-40(59)51-20-8-6-4-3-5-7-19-50-37-13-9-12-33-43(37)48(65)58(47(33)64)39-17-18-41(60)55-45(39)62/h9,12-13,15-16,28-29,39,50,53H,3-8,10-11,14,17-27H2,1-2H3,(H,51,59)(H,52,63)(H,54,61)(H,55,60,62)/b35-29-. The topological polar surface area (TPSA) is 205 Å². The number of nitrogens with zero attached hydrogens (tertiary/aromatic N) is 3. The van der Waals surface area contributed by atoms with Gasteiger partial charge in [0.25, 0.3) is 23.6 Å². The number of benzene rings is 2.